The Bertz CT molecular complexity index is 558. The van der Waals surface area contributed by atoms with Crippen LogP contribution in [0.3, 0.4) is 0 Å². The maximum Gasteiger partial charge on any atom is 0.191 e. The fourth-order valence-electron chi connectivity index (χ4n) is 4.07. The number of nitrogens with zero attached hydrogens (tertiary/aromatic N) is 4. The Morgan fingerprint density at radius 2 is 2.00 bits per heavy atom. The molecule has 0 atom stereocenters. The van der Waals surface area contributed by atoms with Gasteiger partial charge in [0.1, 0.15) is 0 Å². The van der Waals surface area contributed by atoms with Crippen LogP contribution in [0, 0.1) is 0 Å². The summed E-state index contributed by atoms with van der Waals surface area (Å²) in [6.45, 7) is 5.47. The summed E-state index contributed by atoms with van der Waals surface area (Å²) < 4.78 is 7.45. The Balaban J connectivity index is 1.58. The summed E-state index contributed by atoms with van der Waals surface area (Å²) in [4.78, 5) is 7.05. The molecule has 2 N–H and O–H groups in total. The van der Waals surface area contributed by atoms with Crippen LogP contribution in [0.5, 0.6) is 0 Å². The van der Waals surface area contributed by atoms with E-state index in [0.29, 0.717) is 0 Å². The van der Waals surface area contributed by atoms with Crippen LogP contribution in [0.15, 0.2) is 17.3 Å². The summed E-state index contributed by atoms with van der Waals surface area (Å²) in [5.74, 6) is 0.861. The molecule has 7 heteroatoms. The minimum atomic E-state index is 0.242. The van der Waals surface area contributed by atoms with Gasteiger partial charge in [0.15, 0.2) is 5.96 Å². The largest absolute Gasteiger partial charge is 0.379 e. The highest BCUT2D eigenvalue weighted by Crippen LogP contribution is 2.33. The molecule has 25 heavy (non-hydrogen) atoms. The van der Waals surface area contributed by atoms with Gasteiger partial charge in [-0.15, -0.1) is 0 Å². The molecule has 0 unspecified atom stereocenters. The van der Waals surface area contributed by atoms with Crippen LogP contribution in [-0.4, -0.2) is 66.1 Å². The van der Waals surface area contributed by atoms with Crippen molar-refractivity contribution in [2.75, 3.05) is 39.9 Å². The average Bonchev–Trinajstić information content (AvgIpc) is 3.08. The molecule has 1 aromatic heterocycles. The number of aliphatic imine (C=N–C) groups is 1. The van der Waals surface area contributed by atoms with Crippen LogP contribution in [0.1, 0.15) is 37.8 Å². The van der Waals surface area contributed by atoms with Crippen molar-refractivity contribution < 1.29 is 4.74 Å². The Morgan fingerprint density at radius 3 is 2.64 bits per heavy atom. The number of nitrogens with one attached hydrogen (secondary N) is 2. The van der Waals surface area contributed by atoms with Gasteiger partial charge in [0, 0.05) is 45.5 Å². The van der Waals surface area contributed by atoms with Crippen molar-refractivity contribution in [2.24, 2.45) is 12.0 Å². The Morgan fingerprint density at radius 1 is 1.24 bits per heavy atom. The molecule has 1 aliphatic heterocycles. The molecule has 0 radical (unpaired) electrons. The van der Waals surface area contributed by atoms with E-state index >= 15 is 0 Å². The van der Waals surface area contributed by atoms with E-state index in [0.717, 1.165) is 51.0 Å². The van der Waals surface area contributed by atoms with Gasteiger partial charge in [-0.1, -0.05) is 19.3 Å². The fraction of sp³-hybridized carbons (Fsp3) is 0.778. The van der Waals surface area contributed by atoms with Gasteiger partial charge in [0.25, 0.3) is 0 Å². The van der Waals surface area contributed by atoms with E-state index in [4.69, 9.17) is 4.74 Å². The summed E-state index contributed by atoms with van der Waals surface area (Å²) in [6.07, 6.45) is 8.35. The lowest BCUT2D eigenvalue weighted by atomic mass is 9.80. The van der Waals surface area contributed by atoms with Crippen LogP contribution >= 0.6 is 0 Å². The minimum Gasteiger partial charge on any atom is -0.379 e. The minimum absolute atomic E-state index is 0.242. The predicted molar refractivity (Wildman–Crippen MR) is 99.6 cm³/mol. The number of aryl methyl sites for hydroxylation is 1. The quantitative estimate of drug-likeness (QED) is 0.617. The van der Waals surface area contributed by atoms with Gasteiger partial charge < -0.3 is 15.4 Å². The highest BCUT2D eigenvalue weighted by molar-refractivity contribution is 5.79. The van der Waals surface area contributed by atoms with E-state index in [1.54, 1.807) is 0 Å². The first kappa shape index (κ1) is 18.2. The van der Waals surface area contributed by atoms with Crippen molar-refractivity contribution in [2.45, 2.75) is 44.2 Å². The van der Waals surface area contributed by atoms with Gasteiger partial charge in [-0.2, -0.15) is 5.10 Å². The van der Waals surface area contributed by atoms with E-state index in [1.165, 1.54) is 32.1 Å². The number of ether oxygens (including phenoxy) is 1. The van der Waals surface area contributed by atoms with Crippen molar-refractivity contribution in [1.29, 1.82) is 0 Å². The number of hydrogen-bond acceptors (Lipinski definition) is 4. The summed E-state index contributed by atoms with van der Waals surface area (Å²) in [6, 6.07) is 2.02. The third kappa shape index (κ3) is 4.52. The third-order valence-corrected chi connectivity index (χ3v) is 5.63. The molecule has 1 aliphatic carbocycles. The van der Waals surface area contributed by atoms with Gasteiger partial charge in [-0.3, -0.25) is 14.6 Å². The maximum atomic E-state index is 5.57. The van der Waals surface area contributed by atoms with E-state index in [-0.39, 0.29) is 5.54 Å². The standard InChI is InChI=1S/C18H32N6O/c1-19-17(20-14-16-6-9-22-23(16)2)21-15-18(7-4-3-5-8-18)24-10-12-25-13-11-24/h6,9H,3-5,7-8,10-15H2,1-2H3,(H2,19,20,21). The number of guanidine groups is 1. The smallest absolute Gasteiger partial charge is 0.191 e. The van der Waals surface area contributed by atoms with E-state index in [2.05, 4.69) is 25.6 Å². The van der Waals surface area contributed by atoms with E-state index < -0.39 is 0 Å². The summed E-state index contributed by atoms with van der Waals surface area (Å²) in [5, 5.41) is 11.2. The van der Waals surface area contributed by atoms with E-state index in [1.807, 2.05) is 31.0 Å². The molecular formula is C18H32N6O. The highest BCUT2D eigenvalue weighted by atomic mass is 16.5. The summed E-state index contributed by atoms with van der Waals surface area (Å²) in [5.41, 5.74) is 1.38. The molecule has 0 aromatic carbocycles. The lowest BCUT2D eigenvalue weighted by molar-refractivity contribution is -0.0352. The van der Waals surface area contributed by atoms with E-state index in [9.17, 15) is 0 Å². The second kappa shape index (κ2) is 8.67. The van der Waals surface area contributed by atoms with Gasteiger partial charge in [-0.25, -0.2) is 0 Å². The van der Waals surface area contributed by atoms with Crippen LogP contribution in [-0.2, 0) is 18.3 Å². The first-order chi connectivity index (χ1) is 12.2. The number of morpholine rings is 1. The highest BCUT2D eigenvalue weighted by Gasteiger charge is 2.38. The van der Waals surface area contributed by atoms with Crippen LogP contribution in [0.2, 0.25) is 0 Å². The van der Waals surface area contributed by atoms with Gasteiger partial charge in [0.2, 0.25) is 0 Å². The summed E-state index contributed by atoms with van der Waals surface area (Å²) >= 11 is 0. The lowest BCUT2D eigenvalue weighted by Crippen LogP contribution is -2.60. The molecule has 1 saturated carbocycles. The first-order valence-corrected chi connectivity index (χ1v) is 9.48. The average molecular weight is 348 g/mol. The topological polar surface area (TPSA) is 66.7 Å². The second-order valence-corrected chi connectivity index (χ2v) is 7.11. The zero-order valence-electron chi connectivity index (χ0n) is 15.6. The molecule has 1 aromatic rings. The number of aromatic nitrogens is 2. The molecule has 0 spiro atoms. The van der Waals surface area contributed by atoms with Crippen LogP contribution in [0.4, 0.5) is 0 Å². The number of hydrogen-bond donors (Lipinski definition) is 2. The normalized spacial score (nSPS) is 21.9. The van der Waals surface area contributed by atoms with Crippen molar-refractivity contribution in [1.82, 2.24) is 25.3 Å². The fourth-order valence-corrected chi connectivity index (χ4v) is 4.07. The monoisotopic (exact) mass is 348 g/mol. The van der Waals surface area contributed by atoms with Crippen molar-refractivity contribution in [3.8, 4) is 0 Å². The van der Waals surface area contributed by atoms with Crippen molar-refractivity contribution >= 4 is 5.96 Å². The molecule has 2 fully saturated rings. The molecule has 7 nitrogen and oxygen atoms in total. The zero-order valence-corrected chi connectivity index (χ0v) is 15.6. The Hall–Kier alpha value is -1.60. The third-order valence-electron chi connectivity index (χ3n) is 5.63. The molecule has 2 heterocycles. The lowest BCUT2D eigenvalue weighted by Gasteiger charge is -2.48. The van der Waals surface area contributed by atoms with Gasteiger partial charge in [0.05, 0.1) is 25.5 Å². The predicted octanol–water partition coefficient (Wildman–Crippen LogP) is 1.12. The maximum absolute atomic E-state index is 5.57. The molecule has 0 bridgehead atoms. The van der Waals surface area contributed by atoms with Gasteiger partial charge >= 0.3 is 0 Å². The molecule has 0 amide bonds. The van der Waals surface area contributed by atoms with Crippen LogP contribution < -0.4 is 10.6 Å². The molecule has 140 valence electrons. The zero-order chi connectivity index (χ0) is 17.5. The first-order valence-electron chi connectivity index (χ1n) is 9.48. The second-order valence-electron chi connectivity index (χ2n) is 7.11. The molecule has 1 saturated heterocycles. The molecule has 2 aliphatic rings. The van der Waals surface area contributed by atoms with Crippen molar-refractivity contribution in [3.63, 3.8) is 0 Å². The Kier molecular flexibility index (Phi) is 6.31. The SMILES string of the molecule is CN=C(NCc1ccnn1C)NCC1(N2CCOCC2)CCCCC1. The molecule has 3 rings (SSSR count). The van der Waals surface area contributed by atoms with Crippen LogP contribution in [0.25, 0.3) is 0 Å². The molecular weight excluding hydrogens is 316 g/mol. The Labute approximate surface area is 150 Å². The van der Waals surface area contributed by atoms with Gasteiger partial charge in [-0.05, 0) is 18.9 Å². The van der Waals surface area contributed by atoms with Crippen molar-refractivity contribution in [3.05, 3.63) is 18.0 Å². The number of rotatable bonds is 5. The summed E-state index contributed by atoms with van der Waals surface area (Å²) in [7, 11) is 3.80.